The van der Waals surface area contributed by atoms with Gasteiger partial charge in [-0.25, -0.2) is 13.1 Å². The molecule has 0 radical (unpaired) electrons. The van der Waals surface area contributed by atoms with Crippen LogP contribution in [0.15, 0.2) is 22.0 Å². The van der Waals surface area contributed by atoms with Gasteiger partial charge in [-0.05, 0) is 18.4 Å². The Balaban J connectivity index is 1.97. The van der Waals surface area contributed by atoms with E-state index in [2.05, 4.69) is 9.71 Å². The summed E-state index contributed by atoms with van der Waals surface area (Å²) in [6.45, 7) is 0.420. The maximum atomic E-state index is 12.0. The summed E-state index contributed by atoms with van der Waals surface area (Å²) in [4.78, 5) is 13.4. The fraction of sp³-hybridized carbons (Fsp3) is 0.583. The SMILES string of the molecule is O=c1[nH]cc(S(=O)(=O)NCCC2CCCC2)cc1Cl. The lowest BCUT2D eigenvalue weighted by atomic mass is 10.1. The van der Waals surface area contributed by atoms with Crippen molar-refractivity contribution in [3.8, 4) is 0 Å². The second-order valence-electron chi connectivity index (χ2n) is 4.85. The van der Waals surface area contributed by atoms with E-state index in [0.29, 0.717) is 12.5 Å². The predicted molar refractivity (Wildman–Crippen MR) is 73.8 cm³/mol. The summed E-state index contributed by atoms with van der Waals surface area (Å²) in [6.07, 6.45) is 6.88. The summed E-state index contributed by atoms with van der Waals surface area (Å²) in [5.74, 6) is 0.627. The smallest absolute Gasteiger partial charge is 0.266 e. The van der Waals surface area contributed by atoms with Gasteiger partial charge in [0.05, 0.1) is 4.90 Å². The summed E-state index contributed by atoms with van der Waals surface area (Å²) >= 11 is 5.62. The van der Waals surface area contributed by atoms with E-state index in [-0.39, 0.29) is 9.92 Å². The molecule has 2 rings (SSSR count). The first kappa shape index (κ1) is 14.6. The van der Waals surface area contributed by atoms with Gasteiger partial charge < -0.3 is 4.98 Å². The van der Waals surface area contributed by atoms with Crippen LogP contribution in [0.2, 0.25) is 5.02 Å². The highest BCUT2D eigenvalue weighted by molar-refractivity contribution is 7.89. The highest BCUT2D eigenvalue weighted by atomic mass is 35.5. The number of nitrogens with one attached hydrogen (secondary N) is 2. The van der Waals surface area contributed by atoms with Crippen molar-refractivity contribution in [2.45, 2.75) is 37.0 Å². The third kappa shape index (κ3) is 3.81. The first-order chi connectivity index (χ1) is 8.99. The largest absolute Gasteiger partial charge is 0.326 e. The van der Waals surface area contributed by atoms with Crippen LogP contribution in [-0.2, 0) is 10.0 Å². The Kier molecular flexibility index (Phi) is 4.65. The molecular weight excluding hydrogens is 288 g/mol. The fourth-order valence-corrected chi connectivity index (χ4v) is 3.65. The van der Waals surface area contributed by atoms with Crippen LogP contribution in [0, 0.1) is 5.92 Å². The zero-order chi connectivity index (χ0) is 13.9. The molecule has 0 atom stereocenters. The van der Waals surface area contributed by atoms with Crippen LogP contribution in [0.1, 0.15) is 32.1 Å². The second kappa shape index (κ2) is 6.07. The van der Waals surface area contributed by atoms with Gasteiger partial charge in [0.2, 0.25) is 10.0 Å². The average Bonchev–Trinajstić information content (AvgIpc) is 2.85. The first-order valence-corrected chi connectivity index (χ1v) is 8.23. The maximum absolute atomic E-state index is 12.0. The molecule has 7 heteroatoms. The summed E-state index contributed by atoms with van der Waals surface area (Å²) in [5.41, 5.74) is -0.494. The van der Waals surface area contributed by atoms with Gasteiger partial charge in [-0.3, -0.25) is 4.79 Å². The normalized spacial score (nSPS) is 16.9. The van der Waals surface area contributed by atoms with E-state index in [9.17, 15) is 13.2 Å². The topological polar surface area (TPSA) is 79.0 Å². The molecule has 1 aliphatic carbocycles. The number of aromatic amines is 1. The molecule has 0 unspecified atom stereocenters. The summed E-state index contributed by atoms with van der Waals surface area (Å²) < 4.78 is 26.5. The minimum atomic E-state index is -3.60. The summed E-state index contributed by atoms with van der Waals surface area (Å²) in [6, 6.07) is 1.16. The molecule has 0 bridgehead atoms. The molecule has 0 spiro atoms. The van der Waals surface area contributed by atoms with Crippen molar-refractivity contribution < 1.29 is 8.42 Å². The summed E-state index contributed by atoms with van der Waals surface area (Å²) in [5, 5.41) is -0.126. The van der Waals surface area contributed by atoms with Crippen LogP contribution < -0.4 is 10.3 Å². The molecule has 0 aliphatic heterocycles. The number of aromatic nitrogens is 1. The molecule has 1 aromatic rings. The van der Waals surface area contributed by atoms with Crippen molar-refractivity contribution >= 4 is 21.6 Å². The Morgan fingerprint density at radius 3 is 2.68 bits per heavy atom. The number of H-pyrrole nitrogens is 1. The third-order valence-electron chi connectivity index (χ3n) is 3.46. The quantitative estimate of drug-likeness (QED) is 0.872. The second-order valence-corrected chi connectivity index (χ2v) is 7.02. The van der Waals surface area contributed by atoms with Crippen molar-refractivity contribution in [3.05, 3.63) is 27.6 Å². The number of sulfonamides is 1. The minimum absolute atomic E-state index is 0.0106. The molecule has 1 saturated carbocycles. The predicted octanol–water partition coefficient (Wildman–Crippen LogP) is 1.89. The number of hydrogen-bond donors (Lipinski definition) is 2. The van der Waals surface area contributed by atoms with Gasteiger partial charge in [0.25, 0.3) is 5.56 Å². The number of halogens is 1. The van der Waals surface area contributed by atoms with Crippen LogP contribution in [0.25, 0.3) is 0 Å². The molecule has 1 fully saturated rings. The van der Waals surface area contributed by atoms with E-state index in [1.807, 2.05) is 0 Å². The standard InChI is InChI=1S/C12H17ClN2O3S/c13-11-7-10(8-14-12(11)16)19(17,18)15-6-5-9-3-1-2-4-9/h7-9,15H,1-6H2,(H,14,16). The number of rotatable bonds is 5. The van der Waals surface area contributed by atoms with Crippen molar-refractivity contribution in [2.24, 2.45) is 5.92 Å². The van der Waals surface area contributed by atoms with E-state index in [4.69, 9.17) is 11.6 Å². The van der Waals surface area contributed by atoms with Crippen LogP contribution >= 0.6 is 11.6 Å². The molecule has 19 heavy (non-hydrogen) atoms. The van der Waals surface area contributed by atoms with E-state index < -0.39 is 15.6 Å². The average molecular weight is 305 g/mol. The van der Waals surface area contributed by atoms with Crippen LogP contribution in [0.4, 0.5) is 0 Å². The Morgan fingerprint density at radius 2 is 2.05 bits per heavy atom. The van der Waals surface area contributed by atoms with E-state index >= 15 is 0 Å². The van der Waals surface area contributed by atoms with E-state index in [0.717, 1.165) is 18.7 Å². The zero-order valence-electron chi connectivity index (χ0n) is 10.5. The Labute approximate surface area is 117 Å². The van der Waals surface area contributed by atoms with Gasteiger partial charge in [0.1, 0.15) is 5.02 Å². The Morgan fingerprint density at radius 1 is 1.37 bits per heavy atom. The van der Waals surface area contributed by atoms with Crippen LogP contribution in [0.3, 0.4) is 0 Å². The lowest BCUT2D eigenvalue weighted by Crippen LogP contribution is -2.26. The zero-order valence-corrected chi connectivity index (χ0v) is 12.1. The minimum Gasteiger partial charge on any atom is -0.326 e. The highest BCUT2D eigenvalue weighted by Crippen LogP contribution is 2.27. The molecule has 0 aromatic carbocycles. The van der Waals surface area contributed by atoms with Gasteiger partial charge in [-0.1, -0.05) is 37.3 Å². The van der Waals surface area contributed by atoms with Gasteiger partial charge in [0.15, 0.2) is 0 Å². The van der Waals surface area contributed by atoms with Crippen molar-refractivity contribution in [3.63, 3.8) is 0 Å². The van der Waals surface area contributed by atoms with E-state index in [1.54, 1.807) is 0 Å². The molecule has 0 saturated heterocycles. The summed E-state index contributed by atoms with van der Waals surface area (Å²) in [7, 11) is -3.60. The van der Waals surface area contributed by atoms with E-state index in [1.165, 1.54) is 25.7 Å². The fourth-order valence-electron chi connectivity index (χ4n) is 2.37. The lowest BCUT2D eigenvalue weighted by Gasteiger charge is -2.10. The van der Waals surface area contributed by atoms with Gasteiger partial charge in [-0.15, -0.1) is 0 Å². The van der Waals surface area contributed by atoms with Crippen LogP contribution in [-0.4, -0.2) is 19.9 Å². The molecule has 106 valence electrons. The van der Waals surface area contributed by atoms with Crippen molar-refractivity contribution in [2.75, 3.05) is 6.54 Å². The number of pyridine rings is 1. The van der Waals surface area contributed by atoms with Gasteiger partial charge in [0, 0.05) is 12.7 Å². The molecule has 0 amide bonds. The molecule has 5 nitrogen and oxygen atoms in total. The molecule has 1 aromatic heterocycles. The van der Waals surface area contributed by atoms with Crippen LogP contribution in [0.5, 0.6) is 0 Å². The lowest BCUT2D eigenvalue weighted by molar-refractivity contribution is 0.495. The Hall–Kier alpha value is -0.850. The third-order valence-corrected chi connectivity index (χ3v) is 5.18. The monoisotopic (exact) mass is 304 g/mol. The van der Waals surface area contributed by atoms with Crippen molar-refractivity contribution in [1.82, 2.24) is 9.71 Å². The van der Waals surface area contributed by atoms with Gasteiger partial charge >= 0.3 is 0 Å². The number of hydrogen-bond acceptors (Lipinski definition) is 3. The Bertz CT molecular complexity index is 591. The molecular formula is C12H17ClN2O3S. The first-order valence-electron chi connectivity index (χ1n) is 6.37. The molecule has 2 N–H and O–H groups in total. The van der Waals surface area contributed by atoms with Crippen molar-refractivity contribution in [1.29, 1.82) is 0 Å². The highest BCUT2D eigenvalue weighted by Gasteiger charge is 2.18. The maximum Gasteiger partial charge on any atom is 0.266 e. The van der Waals surface area contributed by atoms with Gasteiger partial charge in [-0.2, -0.15) is 0 Å². The molecule has 1 aliphatic rings. The molecule has 1 heterocycles.